The number of rotatable bonds is 6. The van der Waals surface area contributed by atoms with Crippen molar-refractivity contribution in [1.29, 1.82) is 0 Å². The van der Waals surface area contributed by atoms with Crippen LogP contribution in [0.25, 0.3) is 10.9 Å². The van der Waals surface area contributed by atoms with Crippen molar-refractivity contribution in [2.75, 3.05) is 20.2 Å². The van der Waals surface area contributed by atoms with Gasteiger partial charge in [0.1, 0.15) is 12.4 Å². The summed E-state index contributed by atoms with van der Waals surface area (Å²) in [6.45, 7) is 1.45. The normalized spacial score (nSPS) is 10.5. The molecule has 0 aliphatic rings. The van der Waals surface area contributed by atoms with Crippen LogP contribution >= 0.6 is 0 Å². The Kier molecular flexibility index (Phi) is 5.01. The second-order valence-electron chi connectivity index (χ2n) is 5.62. The first-order chi connectivity index (χ1) is 11.7. The zero-order valence-electron chi connectivity index (χ0n) is 13.7. The number of ether oxygens (including phenoxy) is 1. The van der Waals surface area contributed by atoms with E-state index in [2.05, 4.69) is 10.3 Å². The van der Waals surface area contributed by atoms with Gasteiger partial charge in [-0.1, -0.05) is 36.4 Å². The number of amides is 2. The summed E-state index contributed by atoms with van der Waals surface area (Å²) in [4.78, 5) is 17.0. The average Bonchev–Trinajstić information content (AvgIpc) is 3.03. The Bertz CT molecular complexity index is 765. The molecule has 0 saturated heterocycles. The van der Waals surface area contributed by atoms with E-state index in [-0.39, 0.29) is 6.03 Å². The van der Waals surface area contributed by atoms with Crippen LogP contribution in [-0.2, 0) is 6.54 Å². The Morgan fingerprint density at radius 2 is 1.88 bits per heavy atom. The Balaban J connectivity index is 1.44. The van der Waals surface area contributed by atoms with Crippen LogP contribution in [-0.4, -0.2) is 36.1 Å². The predicted octanol–water partition coefficient (Wildman–Crippen LogP) is 3.39. The fraction of sp³-hybridized carbons (Fsp3) is 0.211. The van der Waals surface area contributed by atoms with Crippen LogP contribution < -0.4 is 10.1 Å². The summed E-state index contributed by atoms with van der Waals surface area (Å²) >= 11 is 0. The highest BCUT2D eigenvalue weighted by atomic mass is 16.5. The van der Waals surface area contributed by atoms with Crippen molar-refractivity contribution in [1.82, 2.24) is 15.2 Å². The molecule has 124 valence electrons. The average molecular weight is 323 g/mol. The maximum absolute atomic E-state index is 12.1. The molecule has 1 heterocycles. The van der Waals surface area contributed by atoms with Crippen LogP contribution in [0.4, 0.5) is 4.79 Å². The number of benzene rings is 2. The summed E-state index contributed by atoms with van der Waals surface area (Å²) < 4.78 is 5.60. The molecular weight excluding hydrogens is 302 g/mol. The van der Waals surface area contributed by atoms with Gasteiger partial charge in [0.05, 0.1) is 13.1 Å². The molecule has 5 heteroatoms. The van der Waals surface area contributed by atoms with Crippen LogP contribution in [0.5, 0.6) is 5.75 Å². The van der Waals surface area contributed by atoms with Crippen molar-refractivity contribution in [2.45, 2.75) is 6.54 Å². The summed E-state index contributed by atoms with van der Waals surface area (Å²) in [6.07, 6.45) is 0. The van der Waals surface area contributed by atoms with Crippen LogP contribution in [0, 0.1) is 0 Å². The van der Waals surface area contributed by atoms with Gasteiger partial charge in [-0.2, -0.15) is 0 Å². The van der Waals surface area contributed by atoms with Crippen molar-refractivity contribution in [3.63, 3.8) is 0 Å². The molecule has 3 rings (SSSR count). The minimum absolute atomic E-state index is 0.120. The largest absolute Gasteiger partial charge is 0.492 e. The molecule has 0 unspecified atom stereocenters. The van der Waals surface area contributed by atoms with Gasteiger partial charge in [0, 0.05) is 18.3 Å². The Labute approximate surface area is 141 Å². The molecule has 0 atom stereocenters. The van der Waals surface area contributed by atoms with Crippen molar-refractivity contribution < 1.29 is 9.53 Å². The zero-order valence-corrected chi connectivity index (χ0v) is 13.7. The van der Waals surface area contributed by atoms with E-state index in [1.54, 1.807) is 11.9 Å². The van der Waals surface area contributed by atoms with Gasteiger partial charge in [-0.15, -0.1) is 0 Å². The second kappa shape index (κ2) is 7.55. The highest BCUT2D eigenvalue weighted by molar-refractivity contribution is 5.80. The zero-order chi connectivity index (χ0) is 16.8. The summed E-state index contributed by atoms with van der Waals surface area (Å²) in [6, 6.07) is 19.6. The van der Waals surface area contributed by atoms with E-state index in [4.69, 9.17) is 4.74 Å². The molecular formula is C19H21N3O2. The van der Waals surface area contributed by atoms with Crippen molar-refractivity contribution in [3.8, 4) is 5.75 Å². The van der Waals surface area contributed by atoms with E-state index in [1.807, 2.05) is 60.7 Å². The third-order valence-corrected chi connectivity index (χ3v) is 3.80. The molecule has 0 aliphatic heterocycles. The van der Waals surface area contributed by atoms with Gasteiger partial charge < -0.3 is 19.9 Å². The second-order valence-corrected chi connectivity index (χ2v) is 5.62. The quantitative estimate of drug-likeness (QED) is 0.730. The van der Waals surface area contributed by atoms with E-state index >= 15 is 0 Å². The maximum atomic E-state index is 12.1. The monoisotopic (exact) mass is 323 g/mol. The smallest absolute Gasteiger partial charge is 0.317 e. The number of H-pyrrole nitrogens is 1. The van der Waals surface area contributed by atoms with Gasteiger partial charge >= 0.3 is 6.03 Å². The Hall–Kier alpha value is -2.95. The number of nitrogens with zero attached hydrogens (tertiary/aromatic N) is 1. The summed E-state index contributed by atoms with van der Waals surface area (Å²) in [5, 5.41) is 4.05. The summed E-state index contributed by atoms with van der Waals surface area (Å²) in [5.41, 5.74) is 2.06. The number of likely N-dealkylation sites (N-methyl/N-ethyl adjacent to an activating group) is 1. The lowest BCUT2D eigenvalue weighted by Crippen LogP contribution is -2.39. The van der Waals surface area contributed by atoms with Crippen LogP contribution in [0.1, 0.15) is 5.69 Å². The number of aromatic nitrogens is 1. The highest BCUT2D eigenvalue weighted by Gasteiger charge is 2.09. The molecule has 0 fully saturated rings. The third-order valence-electron chi connectivity index (χ3n) is 3.80. The SMILES string of the molecule is CN(CCOc1ccccc1)C(=O)NCc1cc2ccccc2[nH]1. The number of hydrogen-bond donors (Lipinski definition) is 2. The number of urea groups is 1. The summed E-state index contributed by atoms with van der Waals surface area (Å²) in [7, 11) is 1.76. The lowest BCUT2D eigenvalue weighted by atomic mass is 10.2. The van der Waals surface area contributed by atoms with Gasteiger partial charge in [-0.25, -0.2) is 4.79 Å². The highest BCUT2D eigenvalue weighted by Crippen LogP contribution is 2.14. The number of para-hydroxylation sites is 2. The standard InChI is InChI=1S/C19H21N3O2/c1-22(11-12-24-17-8-3-2-4-9-17)19(23)20-14-16-13-15-7-5-6-10-18(15)21-16/h2-10,13,21H,11-12,14H2,1H3,(H,20,23). The topological polar surface area (TPSA) is 57.4 Å². The van der Waals surface area contributed by atoms with E-state index in [0.717, 1.165) is 22.3 Å². The molecule has 0 aliphatic carbocycles. The predicted molar refractivity (Wildman–Crippen MR) is 95.1 cm³/mol. The van der Waals surface area contributed by atoms with Gasteiger partial charge in [-0.3, -0.25) is 0 Å². The number of fused-ring (bicyclic) bond motifs is 1. The van der Waals surface area contributed by atoms with Crippen LogP contribution in [0.3, 0.4) is 0 Å². The molecule has 0 spiro atoms. The van der Waals surface area contributed by atoms with Crippen molar-refractivity contribution >= 4 is 16.9 Å². The number of carbonyl (C=O) groups is 1. The molecule has 2 aromatic carbocycles. The minimum Gasteiger partial charge on any atom is -0.492 e. The molecule has 0 saturated carbocycles. The number of nitrogens with one attached hydrogen (secondary N) is 2. The third kappa shape index (κ3) is 4.07. The van der Waals surface area contributed by atoms with Crippen molar-refractivity contribution in [3.05, 3.63) is 66.4 Å². The molecule has 24 heavy (non-hydrogen) atoms. The first-order valence-electron chi connectivity index (χ1n) is 7.96. The first-order valence-corrected chi connectivity index (χ1v) is 7.96. The van der Waals surface area contributed by atoms with E-state index in [0.29, 0.717) is 19.7 Å². The molecule has 0 bridgehead atoms. The fourth-order valence-corrected chi connectivity index (χ4v) is 2.45. The Morgan fingerprint density at radius 3 is 2.67 bits per heavy atom. The number of carbonyl (C=O) groups excluding carboxylic acids is 1. The summed E-state index contributed by atoms with van der Waals surface area (Å²) in [5.74, 6) is 0.810. The molecule has 3 aromatic rings. The number of hydrogen-bond acceptors (Lipinski definition) is 2. The molecule has 2 amide bonds. The van der Waals surface area contributed by atoms with E-state index in [1.165, 1.54) is 0 Å². The van der Waals surface area contributed by atoms with Crippen LogP contribution in [0.15, 0.2) is 60.7 Å². The van der Waals surface area contributed by atoms with E-state index in [9.17, 15) is 4.79 Å². The van der Waals surface area contributed by atoms with Crippen LogP contribution in [0.2, 0.25) is 0 Å². The maximum Gasteiger partial charge on any atom is 0.317 e. The van der Waals surface area contributed by atoms with Crippen molar-refractivity contribution in [2.24, 2.45) is 0 Å². The fourth-order valence-electron chi connectivity index (χ4n) is 2.45. The molecule has 5 nitrogen and oxygen atoms in total. The van der Waals surface area contributed by atoms with E-state index < -0.39 is 0 Å². The number of aromatic amines is 1. The lowest BCUT2D eigenvalue weighted by molar-refractivity contribution is 0.195. The van der Waals surface area contributed by atoms with Gasteiger partial charge in [0.25, 0.3) is 0 Å². The van der Waals surface area contributed by atoms with Gasteiger partial charge in [-0.05, 0) is 29.7 Å². The Morgan fingerprint density at radius 1 is 1.12 bits per heavy atom. The minimum atomic E-state index is -0.120. The lowest BCUT2D eigenvalue weighted by Gasteiger charge is -2.18. The first kappa shape index (κ1) is 15.9. The molecule has 0 radical (unpaired) electrons. The van der Waals surface area contributed by atoms with Gasteiger partial charge in [0.15, 0.2) is 0 Å². The van der Waals surface area contributed by atoms with Gasteiger partial charge in [0.2, 0.25) is 0 Å². The molecule has 1 aromatic heterocycles. The molecule has 2 N–H and O–H groups in total.